The molecular formula is C25H18N6O2S2. The molecular weight excluding hydrogens is 480 g/mol. The van der Waals surface area contributed by atoms with E-state index in [1.54, 1.807) is 23.7 Å². The lowest BCUT2D eigenvalue weighted by molar-refractivity contribution is 0.602. The minimum atomic E-state index is -3.44. The van der Waals surface area contributed by atoms with E-state index in [4.69, 9.17) is 4.98 Å². The number of benzene rings is 2. The summed E-state index contributed by atoms with van der Waals surface area (Å²) >= 11 is 1.62. The van der Waals surface area contributed by atoms with Gasteiger partial charge in [0.2, 0.25) is 0 Å². The van der Waals surface area contributed by atoms with Gasteiger partial charge in [0, 0.05) is 48.5 Å². The van der Waals surface area contributed by atoms with Gasteiger partial charge in [0.05, 0.1) is 38.0 Å². The van der Waals surface area contributed by atoms with Crippen molar-refractivity contribution in [1.29, 1.82) is 0 Å². The van der Waals surface area contributed by atoms with E-state index in [0.717, 1.165) is 32.0 Å². The van der Waals surface area contributed by atoms with Crippen LogP contribution in [0.5, 0.6) is 0 Å². The summed E-state index contributed by atoms with van der Waals surface area (Å²) in [6.07, 6.45) is 11.4. The van der Waals surface area contributed by atoms with Crippen LogP contribution in [0.1, 0.15) is 0 Å². The lowest BCUT2D eigenvalue weighted by Gasteiger charge is -2.13. The number of sulfone groups is 1. The van der Waals surface area contributed by atoms with E-state index in [1.807, 2.05) is 53.4 Å². The molecule has 4 aromatic heterocycles. The molecule has 0 aliphatic heterocycles. The van der Waals surface area contributed by atoms with Crippen LogP contribution < -0.4 is 5.32 Å². The molecule has 10 heteroatoms. The Bertz CT molecular complexity index is 1810. The fourth-order valence-corrected chi connectivity index (χ4v) is 5.70. The van der Waals surface area contributed by atoms with Gasteiger partial charge in [-0.1, -0.05) is 17.4 Å². The Morgan fingerprint density at radius 2 is 1.77 bits per heavy atom. The predicted octanol–water partition coefficient (Wildman–Crippen LogP) is 5.24. The molecule has 6 rings (SSSR count). The van der Waals surface area contributed by atoms with Crippen LogP contribution in [-0.4, -0.2) is 39.2 Å². The maximum absolute atomic E-state index is 12.3. The fraction of sp³-hybridized carbons (Fsp3) is 0.0400. The first-order valence-electron chi connectivity index (χ1n) is 10.7. The van der Waals surface area contributed by atoms with Crippen molar-refractivity contribution >= 4 is 53.8 Å². The largest absolute Gasteiger partial charge is 0.353 e. The second-order valence-electron chi connectivity index (χ2n) is 7.99. The van der Waals surface area contributed by atoms with Crippen LogP contribution in [0.3, 0.4) is 0 Å². The molecule has 6 aromatic rings. The van der Waals surface area contributed by atoms with Crippen molar-refractivity contribution in [3.8, 4) is 16.3 Å². The molecule has 0 saturated heterocycles. The lowest BCUT2D eigenvalue weighted by Crippen LogP contribution is -2.03. The minimum absolute atomic E-state index is 0.176. The molecule has 0 unspecified atom stereocenters. The quantitative estimate of drug-likeness (QED) is 0.347. The van der Waals surface area contributed by atoms with Crippen LogP contribution in [0.15, 0.2) is 90.6 Å². The van der Waals surface area contributed by atoms with Gasteiger partial charge >= 0.3 is 0 Å². The predicted molar refractivity (Wildman–Crippen MR) is 138 cm³/mol. The third-order valence-electron chi connectivity index (χ3n) is 5.55. The van der Waals surface area contributed by atoms with E-state index in [0.29, 0.717) is 16.9 Å². The SMILES string of the molecule is CS(=O)(=O)c1ccncc1Nc1cc(-c2ccc3sc(-n4cccc4)nc3c2)c2nccnc2c1. The van der Waals surface area contributed by atoms with Gasteiger partial charge in [-0.15, -0.1) is 0 Å². The van der Waals surface area contributed by atoms with Crippen LogP contribution in [0.2, 0.25) is 0 Å². The topological polar surface area (TPSA) is 103 Å². The van der Waals surface area contributed by atoms with E-state index < -0.39 is 9.84 Å². The number of hydrogen-bond acceptors (Lipinski definition) is 8. The standard InChI is InChI=1S/C25H18N6O2S2/c1-35(32,33)23-6-7-26-15-21(23)29-17-13-18(24-20(14-17)27-8-9-28-24)16-4-5-22-19(12-16)30-25(34-22)31-10-2-3-11-31/h2-15,29H,1H3. The van der Waals surface area contributed by atoms with Gasteiger partial charge in [-0.3, -0.25) is 15.0 Å². The molecule has 172 valence electrons. The van der Waals surface area contributed by atoms with Crippen molar-refractivity contribution in [1.82, 2.24) is 24.5 Å². The number of nitrogens with one attached hydrogen (secondary N) is 1. The molecule has 0 fully saturated rings. The second kappa shape index (κ2) is 8.26. The molecule has 0 amide bonds. The van der Waals surface area contributed by atoms with Crippen molar-refractivity contribution in [2.75, 3.05) is 11.6 Å². The number of rotatable bonds is 5. The van der Waals surface area contributed by atoms with E-state index >= 15 is 0 Å². The second-order valence-corrected chi connectivity index (χ2v) is 11.0. The van der Waals surface area contributed by atoms with Gasteiger partial charge in [0.1, 0.15) is 0 Å². The summed E-state index contributed by atoms with van der Waals surface area (Å²) in [5.74, 6) is 0. The Balaban J connectivity index is 1.48. The molecule has 4 heterocycles. The normalized spacial score (nSPS) is 11.8. The van der Waals surface area contributed by atoms with E-state index in [2.05, 4.69) is 26.3 Å². The monoisotopic (exact) mass is 498 g/mol. The highest BCUT2D eigenvalue weighted by Crippen LogP contribution is 2.35. The summed E-state index contributed by atoms with van der Waals surface area (Å²) in [6, 6.07) is 15.3. The van der Waals surface area contributed by atoms with Crippen LogP contribution in [-0.2, 0) is 9.84 Å². The van der Waals surface area contributed by atoms with Gasteiger partial charge < -0.3 is 9.88 Å². The molecule has 0 atom stereocenters. The number of aromatic nitrogens is 5. The summed E-state index contributed by atoms with van der Waals surface area (Å²) in [6.45, 7) is 0. The van der Waals surface area contributed by atoms with Crippen molar-refractivity contribution in [2.24, 2.45) is 0 Å². The fourth-order valence-electron chi connectivity index (χ4n) is 3.98. The molecule has 0 radical (unpaired) electrons. The molecule has 0 bridgehead atoms. The zero-order valence-corrected chi connectivity index (χ0v) is 20.1. The number of thiazole rings is 1. The molecule has 0 aliphatic carbocycles. The highest BCUT2D eigenvalue weighted by atomic mass is 32.2. The van der Waals surface area contributed by atoms with Gasteiger partial charge in [0.15, 0.2) is 15.0 Å². The Morgan fingerprint density at radius 1 is 0.943 bits per heavy atom. The number of fused-ring (bicyclic) bond motifs is 2. The van der Waals surface area contributed by atoms with Gasteiger partial charge in [-0.05, 0) is 48.0 Å². The number of nitrogens with zero attached hydrogens (tertiary/aromatic N) is 5. The lowest BCUT2D eigenvalue weighted by atomic mass is 10.0. The molecule has 0 saturated carbocycles. The first kappa shape index (κ1) is 21.4. The molecule has 35 heavy (non-hydrogen) atoms. The third kappa shape index (κ3) is 4.02. The summed E-state index contributed by atoms with van der Waals surface area (Å²) in [4.78, 5) is 18.1. The Hall–Kier alpha value is -4.15. The maximum Gasteiger partial charge on any atom is 0.194 e. The molecule has 0 spiro atoms. The number of pyridine rings is 1. The number of anilines is 2. The van der Waals surface area contributed by atoms with Crippen molar-refractivity contribution < 1.29 is 8.42 Å². The smallest absolute Gasteiger partial charge is 0.194 e. The van der Waals surface area contributed by atoms with Crippen molar-refractivity contribution in [2.45, 2.75) is 4.90 Å². The zero-order chi connectivity index (χ0) is 24.0. The van der Waals surface area contributed by atoms with Crippen LogP contribution in [0, 0.1) is 0 Å². The highest BCUT2D eigenvalue weighted by Gasteiger charge is 2.16. The Kier molecular flexibility index (Phi) is 5.05. The number of hydrogen-bond donors (Lipinski definition) is 1. The van der Waals surface area contributed by atoms with E-state index in [1.165, 1.54) is 24.7 Å². The average molecular weight is 499 g/mol. The van der Waals surface area contributed by atoms with Crippen LogP contribution >= 0.6 is 11.3 Å². The summed E-state index contributed by atoms with van der Waals surface area (Å²) < 4.78 is 27.6. The van der Waals surface area contributed by atoms with Crippen LogP contribution in [0.4, 0.5) is 11.4 Å². The van der Waals surface area contributed by atoms with Crippen molar-refractivity contribution in [3.63, 3.8) is 0 Å². The average Bonchev–Trinajstić information content (AvgIpc) is 3.53. The molecule has 1 N–H and O–H groups in total. The van der Waals surface area contributed by atoms with Crippen LogP contribution in [0.25, 0.3) is 37.5 Å². The van der Waals surface area contributed by atoms with Gasteiger partial charge in [-0.2, -0.15) is 0 Å². The molecule has 2 aromatic carbocycles. The van der Waals surface area contributed by atoms with E-state index in [-0.39, 0.29) is 4.90 Å². The highest BCUT2D eigenvalue weighted by molar-refractivity contribution is 7.90. The first-order valence-corrected chi connectivity index (χ1v) is 13.4. The summed E-state index contributed by atoms with van der Waals surface area (Å²) in [7, 11) is -3.44. The summed E-state index contributed by atoms with van der Waals surface area (Å²) in [5, 5.41) is 4.11. The summed E-state index contributed by atoms with van der Waals surface area (Å²) in [5.41, 5.74) is 5.19. The third-order valence-corrected chi connectivity index (χ3v) is 7.75. The molecule has 8 nitrogen and oxygen atoms in total. The Labute approximate surface area is 204 Å². The van der Waals surface area contributed by atoms with Crippen molar-refractivity contribution in [3.05, 3.63) is 85.7 Å². The zero-order valence-electron chi connectivity index (χ0n) is 18.5. The first-order chi connectivity index (χ1) is 17.0. The van der Waals surface area contributed by atoms with E-state index in [9.17, 15) is 8.42 Å². The minimum Gasteiger partial charge on any atom is -0.353 e. The molecule has 0 aliphatic rings. The van der Waals surface area contributed by atoms with Gasteiger partial charge in [0.25, 0.3) is 0 Å². The van der Waals surface area contributed by atoms with Gasteiger partial charge in [-0.25, -0.2) is 13.4 Å². The Morgan fingerprint density at radius 3 is 2.60 bits per heavy atom. The maximum atomic E-state index is 12.3.